The lowest BCUT2D eigenvalue weighted by atomic mass is 9.99. The SMILES string of the molecule is Cc1cccc(CNC2CCCCc3ccccc32)c1. The first-order chi connectivity index (χ1) is 9.83. The molecule has 0 aliphatic heterocycles. The maximum absolute atomic E-state index is 3.76. The van der Waals surface area contributed by atoms with Crippen molar-refractivity contribution in [2.45, 2.75) is 45.2 Å². The third kappa shape index (κ3) is 3.10. The average Bonchev–Trinajstić information content (AvgIpc) is 2.67. The normalized spacial score (nSPS) is 18.4. The van der Waals surface area contributed by atoms with Crippen molar-refractivity contribution in [2.75, 3.05) is 0 Å². The van der Waals surface area contributed by atoms with Gasteiger partial charge in [0.25, 0.3) is 0 Å². The molecule has 0 spiro atoms. The van der Waals surface area contributed by atoms with Crippen molar-refractivity contribution in [1.82, 2.24) is 5.32 Å². The van der Waals surface area contributed by atoms with Crippen LogP contribution in [0.3, 0.4) is 0 Å². The van der Waals surface area contributed by atoms with Gasteiger partial charge in [-0.25, -0.2) is 0 Å². The van der Waals surface area contributed by atoms with Crippen molar-refractivity contribution in [3.8, 4) is 0 Å². The Balaban J connectivity index is 1.74. The molecule has 1 atom stereocenters. The van der Waals surface area contributed by atoms with E-state index in [0.717, 1.165) is 6.54 Å². The van der Waals surface area contributed by atoms with Crippen LogP contribution in [0.4, 0.5) is 0 Å². The van der Waals surface area contributed by atoms with Crippen LogP contribution in [0, 0.1) is 6.92 Å². The van der Waals surface area contributed by atoms with Crippen LogP contribution in [0.2, 0.25) is 0 Å². The number of rotatable bonds is 3. The Morgan fingerprint density at radius 1 is 1.05 bits per heavy atom. The van der Waals surface area contributed by atoms with E-state index in [1.165, 1.54) is 47.9 Å². The number of hydrogen-bond acceptors (Lipinski definition) is 1. The minimum atomic E-state index is 0.509. The van der Waals surface area contributed by atoms with Gasteiger partial charge in [0.05, 0.1) is 0 Å². The molecule has 20 heavy (non-hydrogen) atoms. The number of fused-ring (bicyclic) bond motifs is 1. The molecule has 0 fully saturated rings. The van der Waals surface area contributed by atoms with Gasteiger partial charge in [-0.05, 0) is 42.9 Å². The second kappa shape index (κ2) is 6.23. The molecule has 0 radical (unpaired) electrons. The molecule has 3 rings (SSSR count). The van der Waals surface area contributed by atoms with E-state index in [1.54, 1.807) is 0 Å². The summed E-state index contributed by atoms with van der Waals surface area (Å²) < 4.78 is 0. The first-order valence-electron chi connectivity index (χ1n) is 7.69. The van der Waals surface area contributed by atoms with E-state index in [-0.39, 0.29) is 0 Å². The fourth-order valence-electron chi connectivity index (χ4n) is 3.20. The molecular weight excluding hydrogens is 242 g/mol. The van der Waals surface area contributed by atoms with Crippen LogP contribution >= 0.6 is 0 Å². The van der Waals surface area contributed by atoms with Gasteiger partial charge in [-0.1, -0.05) is 60.5 Å². The van der Waals surface area contributed by atoms with Gasteiger partial charge in [-0.2, -0.15) is 0 Å². The van der Waals surface area contributed by atoms with Crippen molar-refractivity contribution < 1.29 is 0 Å². The van der Waals surface area contributed by atoms with E-state index in [0.29, 0.717) is 6.04 Å². The number of aryl methyl sites for hydroxylation is 2. The molecule has 1 heteroatoms. The average molecular weight is 265 g/mol. The lowest BCUT2D eigenvalue weighted by Crippen LogP contribution is -2.21. The molecule has 1 N–H and O–H groups in total. The molecule has 2 aromatic rings. The van der Waals surface area contributed by atoms with Gasteiger partial charge < -0.3 is 5.32 Å². The second-order valence-corrected chi connectivity index (χ2v) is 5.87. The van der Waals surface area contributed by atoms with E-state index in [1.807, 2.05) is 0 Å². The molecule has 1 unspecified atom stereocenters. The van der Waals surface area contributed by atoms with Crippen molar-refractivity contribution >= 4 is 0 Å². The molecule has 104 valence electrons. The Hall–Kier alpha value is -1.60. The summed E-state index contributed by atoms with van der Waals surface area (Å²) in [6.07, 6.45) is 5.13. The molecule has 0 amide bonds. The quantitative estimate of drug-likeness (QED) is 0.803. The number of hydrogen-bond donors (Lipinski definition) is 1. The van der Waals surface area contributed by atoms with Gasteiger partial charge >= 0.3 is 0 Å². The summed E-state index contributed by atoms with van der Waals surface area (Å²) in [4.78, 5) is 0. The predicted octanol–water partition coefficient (Wildman–Crippen LogP) is 4.55. The zero-order valence-electron chi connectivity index (χ0n) is 12.2. The third-order valence-corrected chi connectivity index (χ3v) is 4.25. The standard InChI is InChI=1S/C19H23N/c1-15-7-6-8-16(13-15)14-20-19-12-5-3-10-17-9-2-4-11-18(17)19/h2,4,6-9,11,13,19-20H,3,5,10,12,14H2,1H3. The smallest absolute Gasteiger partial charge is 0.0325 e. The minimum Gasteiger partial charge on any atom is -0.306 e. The fourth-order valence-corrected chi connectivity index (χ4v) is 3.20. The molecule has 0 bridgehead atoms. The highest BCUT2D eigenvalue weighted by molar-refractivity contribution is 5.31. The summed E-state index contributed by atoms with van der Waals surface area (Å²) in [6.45, 7) is 3.12. The van der Waals surface area contributed by atoms with Crippen molar-refractivity contribution in [2.24, 2.45) is 0 Å². The van der Waals surface area contributed by atoms with Crippen LogP contribution in [-0.2, 0) is 13.0 Å². The third-order valence-electron chi connectivity index (χ3n) is 4.25. The summed E-state index contributed by atoms with van der Waals surface area (Å²) in [7, 11) is 0. The van der Waals surface area contributed by atoms with E-state index < -0.39 is 0 Å². The second-order valence-electron chi connectivity index (χ2n) is 5.87. The fraction of sp³-hybridized carbons (Fsp3) is 0.368. The van der Waals surface area contributed by atoms with Gasteiger partial charge in [-0.3, -0.25) is 0 Å². The lowest BCUT2D eigenvalue weighted by molar-refractivity contribution is 0.489. The summed E-state index contributed by atoms with van der Waals surface area (Å²) >= 11 is 0. The molecule has 0 saturated heterocycles. The zero-order valence-corrected chi connectivity index (χ0v) is 12.2. The highest BCUT2D eigenvalue weighted by Crippen LogP contribution is 2.28. The van der Waals surface area contributed by atoms with Crippen LogP contribution in [-0.4, -0.2) is 0 Å². The van der Waals surface area contributed by atoms with Crippen LogP contribution < -0.4 is 5.32 Å². The van der Waals surface area contributed by atoms with Gasteiger partial charge in [0.1, 0.15) is 0 Å². The van der Waals surface area contributed by atoms with Gasteiger partial charge in [0, 0.05) is 12.6 Å². The van der Waals surface area contributed by atoms with Crippen molar-refractivity contribution in [3.63, 3.8) is 0 Å². The highest BCUT2D eigenvalue weighted by Gasteiger charge is 2.17. The predicted molar refractivity (Wildman–Crippen MR) is 84.8 cm³/mol. The monoisotopic (exact) mass is 265 g/mol. The van der Waals surface area contributed by atoms with Crippen LogP contribution in [0.25, 0.3) is 0 Å². The Morgan fingerprint density at radius 3 is 2.85 bits per heavy atom. The highest BCUT2D eigenvalue weighted by atomic mass is 14.9. The topological polar surface area (TPSA) is 12.0 Å². The first kappa shape index (κ1) is 13.4. The van der Waals surface area contributed by atoms with E-state index in [9.17, 15) is 0 Å². The summed E-state index contributed by atoms with van der Waals surface area (Å²) in [6, 6.07) is 18.2. The zero-order chi connectivity index (χ0) is 13.8. The molecule has 1 aliphatic carbocycles. The number of nitrogens with one attached hydrogen (secondary N) is 1. The van der Waals surface area contributed by atoms with Crippen LogP contribution in [0.1, 0.15) is 47.6 Å². The molecule has 0 aromatic heterocycles. The Labute approximate surface area is 122 Å². The largest absolute Gasteiger partial charge is 0.306 e. The number of benzene rings is 2. The molecule has 2 aromatic carbocycles. The van der Waals surface area contributed by atoms with E-state index in [4.69, 9.17) is 0 Å². The summed E-state index contributed by atoms with van der Waals surface area (Å²) in [5.41, 5.74) is 5.77. The molecular formula is C19H23N. The van der Waals surface area contributed by atoms with Crippen molar-refractivity contribution in [1.29, 1.82) is 0 Å². The summed E-state index contributed by atoms with van der Waals surface area (Å²) in [5.74, 6) is 0. The van der Waals surface area contributed by atoms with Crippen LogP contribution in [0.15, 0.2) is 48.5 Å². The van der Waals surface area contributed by atoms with E-state index >= 15 is 0 Å². The molecule has 0 heterocycles. The maximum atomic E-state index is 3.76. The Morgan fingerprint density at radius 2 is 1.95 bits per heavy atom. The van der Waals surface area contributed by atoms with Gasteiger partial charge in [0.2, 0.25) is 0 Å². The molecule has 0 saturated carbocycles. The van der Waals surface area contributed by atoms with Crippen LogP contribution in [0.5, 0.6) is 0 Å². The van der Waals surface area contributed by atoms with E-state index in [2.05, 4.69) is 60.8 Å². The van der Waals surface area contributed by atoms with Crippen molar-refractivity contribution in [3.05, 3.63) is 70.8 Å². The first-order valence-corrected chi connectivity index (χ1v) is 7.69. The summed E-state index contributed by atoms with van der Waals surface area (Å²) in [5, 5.41) is 3.76. The lowest BCUT2D eigenvalue weighted by Gasteiger charge is -2.19. The minimum absolute atomic E-state index is 0.509. The van der Waals surface area contributed by atoms with Gasteiger partial charge in [-0.15, -0.1) is 0 Å². The molecule has 1 nitrogen and oxygen atoms in total. The Kier molecular flexibility index (Phi) is 4.17. The Bertz CT molecular complexity index is 573. The van der Waals surface area contributed by atoms with Gasteiger partial charge in [0.15, 0.2) is 0 Å². The maximum Gasteiger partial charge on any atom is 0.0325 e. The molecule has 1 aliphatic rings.